The largest absolute Gasteiger partial charge is 0.385 e. The maximum Gasteiger partial charge on any atom is 0.228 e. The van der Waals surface area contributed by atoms with Gasteiger partial charge in [0.25, 0.3) is 0 Å². The summed E-state index contributed by atoms with van der Waals surface area (Å²) in [5.41, 5.74) is 5.72. The third kappa shape index (κ3) is 5.16. The van der Waals surface area contributed by atoms with Crippen LogP contribution < -0.4 is 10.6 Å². The van der Waals surface area contributed by atoms with E-state index in [4.69, 9.17) is 15.2 Å². The third-order valence-corrected chi connectivity index (χ3v) is 2.73. The van der Waals surface area contributed by atoms with Crippen LogP contribution in [0.2, 0.25) is 0 Å². The Labute approximate surface area is 116 Å². The molecule has 1 heterocycles. The van der Waals surface area contributed by atoms with Crippen LogP contribution in [0.3, 0.4) is 0 Å². The van der Waals surface area contributed by atoms with Gasteiger partial charge < -0.3 is 20.1 Å². The maximum atomic E-state index is 5.72. The van der Waals surface area contributed by atoms with Gasteiger partial charge in [-0.1, -0.05) is 0 Å². The first-order valence-corrected chi connectivity index (χ1v) is 6.49. The first-order valence-electron chi connectivity index (χ1n) is 5.70. The number of hydrogen-bond donors (Lipinski definition) is 1. The molecule has 0 aromatic carbocycles. The Hall–Kier alpha value is -0.920. The Bertz CT molecular complexity index is 345. The normalized spacial score (nSPS) is 10.6. The minimum Gasteiger partial charge on any atom is -0.385 e. The molecule has 0 aliphatic heterocycles. The summed E-state index contributed by atoms with van der Waals surface area (Å²) in [6.07, 6.45) is 0.899. The molecule has 1 rings (SSSR count). The van der Waals surface area contributed by atoms with E-state index in [0.717, 1.165) is 19.5 Å². The van der Waals surface area contributed by atoms with E-state index in [0.29, 0.717) is 29.6 Å². The molecular weight excluding hydrogens is 300 g/mol. The van der Waals surface area contributed by atoms with Crippen LogP contribution in [-0.2, 0) is 9.47 Å². The van der Waals surface area contributed by atoms with Crippen LogP contribution in [0.5, 0.6) is 0 Å². The minimum absolute atomic E-state index is 0.445. The minimum atomic E-state index is 0.445. The molecule has 0 amide bonds. The molecule has 0 saturated heterocycles. The first kappa shape index (κ1) is 15.1. The molecule has 1 aromatic rings. The molecule has 0 saturated carbocycles. The smallest absolute Gasteiger partial charge is 0.228 e. The molecule has 0 bridgehead atoms. The van der Waals surface area contributed by atoms with Crippen molar-refractivity contribution in [1.82, 2.24) is 9.97 Å². The van der Waals surface area contributed by atoms with Crippen molar-refractivity contribution in [2.24, 2.45) is 0 Å². The fourth-order valence-electron chi connectivity index (χ4n) is 1.48. The molecule has 7 heteroatoms. The zero-order chi connectivity index (χ0) is 13.4. The van der Waals surface area contributed by atoms with Gasteiger partial charge in [0.05, 0.1) is 6.61 Å². The van der Waals surface area contributed by atoms with Crippen molar-refractivity contribution >= 4 is 27.7 Å². The molecule has 18 heavy (non-hydrogen) atoms. The monoisotopic (exact) mass is 318 g/mol. The van der Waals surface area contributed by atoms with Crippen molar-refractivity contribution in [2.75, 3.05) is 51.2 Å². The number of anilines is 2. The number of nitrogens with zero attached hydrogens (tertiary/aromatic N) is 3. The summed E-state index contributed by atoms with van der Waals surface area (Å²) < 4.78 is 10.8. The van der Waals surface area contributed by atoms with Crippen LogP contribution in [0.1, 0.15) is 6.42 Å². The van der Waals surface area contributed by atoms with Gasteiger partial charge in [0, 0.05) is 40.0 Å². The second-order valence-corrected chi connectivity index (χ2v) is 4.55. The molecule has 0 aliphatic rings. The highest BCUT2D eigenvalue weighted by molar-refractivity contribution is 9.10. The number of ether oxygens (including phenoxy) is 2. The summed E-state index contributed by atoms with van der Waals surface area (Å²) in [5, 5.41) is 0. The Morgan fingerprint density at radius 3 is 2.56 bits per heavy atom. The van der Waals surface area contributed by atoms with E-state index in [9.17, 15) is 0 Å². The van der Waals surface area contributed by atoms with Crippen LogP contribution in [0.25, 0.3) is 0 Å². The highest BCUT2D eigenvalue weighted by atomic mass is 79.9. The topological polar surface area (TPSA) is 73.5 Å². The number of nitrogen functional groups attached to an aromatic ring is 1. The highest BCUT2D eigenvalue weighted by Crippen LogP contribution is 2.16. The molecular formula is C11H19BrN4O2. The van der Waals surface area contributed by atoms with Crippen molar-refractivity contribution in [3.8, 4) is 0 Å². The lowest BCUT2D eigenvalue weighted by Crippen LogP contribution is -2.30. The maximum absolute atomic E-state index is 5.72. The van der Waals surface area contributed by atoms with Gasteiger partial charge in [0.2, 0.25) is 5.95 Å². The van der Waals surface area contributed by atoms with E-state index in [-0.39, 0.29) is 0 Å². The predicted molar refractivity (Wildman–Crippen MR) is 74.7 cm³/mol. The second kappa shape index (κ2) is 8.23. The van der Waals surface area contributed by atoms with Gasteiger partial charge in [0.1, 0.15) is 10.4 Å². The van der Waals surface area contributed by atoms with E-state index in [1.807, 2.05) is 4.90 Å². The number of methoxy groups -OCH3 is 2. The van der Waals surface area contributed by atoms with Crippen molar-refractivity contribution in [3.63, 3.8) is 0 Å². The van der Waals surface area contributed by atoms with E-state index < -0.39 is 0 Å². The number of rotatable bonds is 8. The van der Waals surface area contributed by atoms with Gasteiger partial charge in [-0.05, 0) is 22.4 Å². The van der Waals surface area contributed by atoms with Crippen molar-refractivity contribution < 1.29 is 9.47 Å². The number of nitrogens with two attached hydrogens (primary N) is 1. The summed E-state index contributed by atoms with van der Waals surface area (Å²) in [6.45, 7) is 2.83. The van der Waals surface area contributed by atoms with Crippen molar-refractivity contribution in [1.29, 1.82) is 0 Å². The summed E-state index contributed by atoms with van der Waals surface area (Å²) >= 11 is 3.32. The average Bonchev–Trinajstić information content (AvgIpc) is 2.32. The predicted octanol–water partition coefficient (Wildman–Crippen LogP) is 1.31. The highest BCUT2D eigenvalue weighted by Gasteiger charge is 2.10. The second-order valence-electron chi connectivity index (χ2n) is 3.74. The fraction of sp³-hybridized carbons (Fsp3) is 0.636. The van der Waals surface area contributed by atoms with Gasteiger partial charge in [-0.25, -0.2) is 4.98 Å². The standard InChI is InChI=1S/C11H19BrN4O2/c1-17-6-3-4-16(5-7-18-2)11-14-9(12)8-10(13)15-11/h8H,3-7H2,1-2H3,(H2,13,14,15). The SMILES string of the molecule is COCCCN(CCOC)c1nc(N)cc(Br)n1. The summed E-state index contributed by atoms with van der Waals surface area (Å²) in [6, 6.07) is 1.67. The fourth-order valence-corrected chi connectivity index (χ4v) is 1.87. The zero-order valence-electron chi connectivity index (χ0n) is 10.7. The number of hydrogen-bond acceptors (Lipinski definition) is 6. The number of aromatic nitrogens is 2. The van der Waals surface area contributed by atoms with Crippen LogP contribution in [0.15, 0.2) is 10.7 Å². The Morgan fingerprint density at radius 1 is 1.22 bits per heavy atom. The summed E-state index contributed by atoms with van der Waals surface area (Å²) in [5.74, 6) is 1.05. The molecule has 1 aromatic heterocycles. The van der Waals surface area contributed by atoms with Gasteiger partial charge in [-0.2, -0.15) is 4.98 Å². The Morgan fingerprint density at radius 2 is 1.94 bits per heavy atom. The van der Waals surface area contributed by atoms with Gasteiger partial charge in [0.15, 0.2) is 0 Å². The first-order chi connectivity index (χ1) is 8.67. The lowest BCUT2D eigenvalue weighted by Gasteiger charge is -2.22. The molecule has 6 nitrogen and oxygen atoms in total. The van der Waals surface area contributed by atoms with Crippen LogP contribution in [0.4, 0.5) is 11.8 Å². The van der Waals surface area contributed by atoms with Crippen molar-refractivity contribution in [3.05, 3.63) is 10.7 Å². The quantitative estimate of drug-likeness (QED) is 0.575. The van der Waals surface area contributed by atoms with Gasteiger partial charge >= 0.3 is 0 Å². The van der Waals surface area contributed by atoms with Crippen LogP contribution in [-0.4, -0.2) is 50.5 Å². The molecule has 0 spiro atoms. The molecule has 0 unspecified atom stereocenters. The van der Waals surface area contributed by atoms with Gasteiger partial charge in [-0.15, -0.1) is 0 Å². The van der Waals surface area contributed by atoms with E-state index in [1.54, 1.807) is 20.3 Å². The molecule has 2 N–H and O–H groups in total. The molecule has 0 atom stereocenters. The molecule has 0 aliphatic carbocycles. The summed E-state index contributed by atoms with van der Waals surface area (Å²) in [7, 11) is 3.36. The van der Waals surface area contributed by atoms with Crippen LogP contribution >= 0.6 is 15.9 Å². The zero-order valence-corrected chi connectivity index (χ0v) is 12.3. The van der Waals surface area contributed by atoms with E-state index in [1.165, 1.54) is 0 Å². The molecule has 0 radical (unpaired) electrons. The van der Waals surface area contributed by atoms with Crippen molar-refractivity contribution in [2.45, 2.75) is 6.42 Å². The lowest BCUT2D eigenvalue weighted by molar-refractivity contribution is 0.190. The Kier molecular flexibility index (Phi) is 6.92. The molecule has 0 fully saturated rings. The van der Waals surface area contributed by atoms with Crippen LogP contribution in [0, 0.1) is 0 Å². The number of halogens is 1. The van der Waals surface area contributed by atoms with E-state index >= 15 is 0 Å². The Balaban J connectivity index is 2.72. The average molecular weight is 319 g/mol. The lowest BCUT2D eigenvalue weighted by atomic mass is 10.4. The molecule has 102 valence electrons. The van der Waals surface area contributed by atoms with E-state index in [2.05, 4.69) is 25.9 Å². The third-order valence-electron chi connectivity index (χ3n) is 2.33. The van der Waals surface area contributed by atoms with Gasteiger partial charge in [-0.3, -0.25) is 0 Å². The summed E-state index contributed by atoms with van der Waals surface area (Å²) in [4.78, 5) is 10.6.